The van der Waals surface area contributed by atoms with Crippen LogP contribution in [0.1, 0.15) is 60.4 Å². The molecule has 2 aliphatic rings. The summed E-state index contributed by atoms with van der Waals surface area (Å²) < 4.78 is 11.5. The van der Waals surface area contributed by atoms with Crippen molar-refractivity contribution in [3.63, 3.8) is 0 Å². The maximum absolute atomic E-state index is 12.5. The molecule has 1 amide bonds. The van der Waals surface area contributed by atoms with E-state index in [4.69, 9.17) is 9.47 Å². The fourth-order valence-corrected chi connectivity index (χ4v) is 4.86. The Balaban J connectivity index is 1.19. The number of nitrogens with one attached hydrogen (secondary N) is 2. The van der Waals surface area contributed by atoms with E-state index >= 15 is 0 Å². The zero-order valence-electron chi connectivity index (χ0n) is 20.8. The highest BCUT2D eigenvalue weighted by molar-refractivity contribution is 5.96. The summed E-state index contributed by atoms with van der Waals surface area (Å²) in [7, 11) is 0. The average Bonchev–Trinajstić information content (AvgIpc) is 3.27. The van der Waals surface area contributed by atoms with Gasteiger partial charge in [-0.25, -0.2) is 9.97 Å². The Morgan fingerprint density at radius 1 is 1.12 bits per heavy atom. The lowest BCUT2D eigenvalue weighted by molar-refractivity contribution is -0.149. The number of anilines is 1. The Morgan fingerprint density at radius 2 is 1.74 bits per heavy atom. The van der Waals surface area contributed by atoms with E-state index in [1.165, 1.54) is 6.33 Å². The molecule has 0 bridgehead atoms. The van der Waals surface area contributed by atoms with Crippen LogP contribution in [0, 0.1) is 13.8 Å². The summed E-state index contributed by atoms with van der Waals surface area (Å²) in [6.07, 6.45) is 4.61. The first-order chi connectivity index (χ1) is 16.4. The third-order valence-electron chi connectivity index (χ3n) is 7.07. The number of aromatic nitrogens is 2. The Bertz CT molecular complexity index is 947. The van der Waals surface area contributed by atoms with Gasteiger partial charge in [-0.2, -0.15) is 0 Å². The van der Waals surface area contributed by atoms with Crippen LogP contribution in [0.4, 0.5) is 5.69 Å². The molecule has 0 spiro atoms. The van der Waals surface area contributed by atoms with Crippen molar-refractivity contribution in [1.82, 2.24) is 20.2 Å². The number of nitrogens with zero attached hydrogens (tertiary/aromatic N) is 3. The van der Waals surface area contributed by atoms with E-state index in [2.05, 4.69) is 56.7 Å². The van der Waals surface area contributed by atoms with Crippen molar-refractivity contribution < 1.29 is 14.3 Å². The first kappa shape index (κ1) is 24.6. The number of hydrogen-bond acceptors (Lipinski definition) is 7. The van der Waals surface area contributed by atoms with E-state index in [9.17, 15) is 4.79 Å². The van der Waals surface area contributed by atoms with Crippen LogP contribution >= 0.6 is 0 Å². The molecule has 0 radical (unpaired) electrons. The smallest absolute Gasteiger partial charge is 0.254 e. The number of ether oxygens (including phenoxy) is 2. The van der Waals surface area contributed by atoms with Crippen LogP contribution in [0.5, 0.6) is 0 Å². The van der Waals surface area contributed by atoms with Gasteiger partial charge in [0.25, 0.3) is 5.91 Å². The van der Waals surface area contributed by atoms with Crippen molar-refractivity contribution in [1.29, 1.82) is 0 Å². The molecule has 2 aliphatic heterocycles. The third-order valence-corrected chi connectivity index (χ3v) is 7.07. The average molecular weight is 468 g/mol. The molecule has 2 N–H and O–H groups in total. The van der Waals surface area contributed by atoms with Gasteiger partial charge in [-0.3, -0.25) is 4.79 Å². The second-order valence-corrected chi connectivity index (χ2v) is 9.49. The first-order valence-corrected chi connectivity index (χ1v) is 12.3. The van der Waals surface area contributed by atoms with E-state index in [1.807, 2.05) is 20.8 Å². The molecule has 1 aromatic heterocycles. The van der Waals surface area contributed by atoms with E-state index in [1.54, 1.807) is 0 Å². The van der Waals surface area contributed by atoms with Crippen molar-refractivity contribution in [2.45, 2.75) is 64.8 Å². The number of aryl methyl sites for hydroxylation is 2. The van der Waals surface area contributed by atoms with Gasteiger partial charge < -0.3 is 25.0 Å². The molecular weight excluding hydrogens is 430 g/mol. The number of piperidine rings is 1. The van der Waals surface area contributed by atoms with E-state index < -0.39 is 5.79 Å². The number of rotatable bonds is 8. The summed E-state index contributed by atoms with van der Waals surface area (Å²) in [6, 6.07) is 9.29. The van der Waals surface area contributed by atoms with Gasteiger partial charge in [0.15, 0.2) is 5.79 Å². The highest BCUT2D eigenvalue weighted by atomic mass is 16.7. The predicted octanol–water partition coefficient (Wildman–Crippen LogP) is 3.40. The lowest BCUT2D eigenvalue weighted by Crippen LogP contribution is -2.44. The van der Waals surface area contributed by atoms with Crippen molar-refractivity contribution in [3.8, 4) is 0 Å². The van der Waals surface area contributed by atoms with Crippen LogP contribution in [0.2, 0.25) is 0 Å². The molecule has 4 rings (SSSR count). The molecule has 0 saturated carbocycles. The molecule has 8 nitrogen and oxygen atoms in total. The quantitative estimate of drug-likeness (QED) is 0.615. The molecule has 2 saturated heterocycles. The standard InChI is InChI=1S/C26H37N5O3/c1-18(9-12-27-25(32)24-19(2)28-17-29-20(24)3)31-13-10-23(11-14-31)30-22-7-5-21(6-8-22)26(4)33-15-16-34-26/h5-8,17-18,23,30H,9-16H2,1-4H3,(H,27,32)/t18-/m1/s1. The van der Waals surface area contributed by atoms with Crippen LogP contribution in [-0.2, 0) is 15.3 Å². The Kier molecular flexibility index (Phi) is 7.80. The fourth-order valence-electron chi connectivity index (χ4n) is 4.86. The molecule has 8 heteroatoms. The second-order valence-electron chi connectivity index (χ2n) is 9.49. The maximum atomic E-state index is 12.5. The molecule has 1 aromatic carbocycles. The third kappa shape index (κ3) is 5.74. The minimum atomic E-state index is -0.619. The Morgan fingerprint density at radius 3 is 2.35 bits per heavy atom. The summed E-state index contributed by atoms with van der Waals surface area (Å²) in [5.74, 6) is -0.705. The molecule has 2 aromatic rings. The van der Waals surface area contributed by atoms with Crippen molar-refractivity contribution in [3.05, 3.63) is 53.1 Å². The Labute approximate surface area is 202 Å². The molecule has 0 unspecified atom stereocenters. The lowest BCUT2D eigenvalue weighted by atomic mass is 10.0. The predicted molar refractivity (Wildman–Crippen MR) is 132 cm³/mol. The van der Waals surface area contributed by atoms with Crippen LogP contribution in [0.15, 0.2) is 30.6 Å². The van der Waals surface area contributed by atoms with E-state index in [0.29, 0.717) is 37.4 Å². The number of amides is 1. The summed E-state index contributed by atoms with van der Waals surface area (Å²) in [5, 5.41) is 6.72. The number of hydrogen-bond donors (Lipinski definition) is 2. The van der Waals surface area contributed by atoms with Gasteiger partial charge in [-0.05, 0) is 59.1 Å². The van der Waals surface area contributed by atoms with Gasteiger partial charge >= 0.3 is 0 Å². The van der Waals surface area contributed by atoms with Crippen molar-refractivity contribution in [2.75, 3.05) is 38.2 Å². The zero-order chi connectivity index (χ0) is 24.1. The zero-order valence-corrected chi connectivity index (χ0v) is 20.8. The van der Waals surface area contributed by atoms with Gasteiger partial charge in [-0.15, -0.1) is 0 Å². The second kappa shape index (κ2) is 10.8. The fraction of sp³-hybridized carbons (Fsp3) is 0.577. The molecule has 184 valence electrons. The lowest BCUT2D eigenvalue weighted by Gasteiger charge is -2.36. The van der Waals surface area contributed by atoms with Gasteiger partial charge in [0.05, 0.1) is 30.2 Å². The van der Waals surface area contributed by atoms with Crippen molar-refractivity contribution in [2.24, 2.45) is 0 Å². The summed E-state index contributed by atoms with van der Waals surface area (Å²) in [4.78, 5) is 23.4. The monoisotopic (exact) mass is 467 g/mol. The molecular formula is C26H37N5O3. The maximum Gasteiger partial charge on any atom is 0.254 e. The number of likely N-dealkylation sites (tertiary alicyclic amines) is 1. The SMILES string of the molecule is Cc1ncnc(C)c1C(=O)NCC[C@@H](C)N1CCC(Nc2ccc(C3(C)OCCO3)cc2)CC1. The summed E-state index contributed by atoms with van der Waals surface area (Å²) in [5.41, 5.74) is 4.22. The first-order valence-electron chi connectivity index (χ1n) is 12.3. The molecule has 0 aliphatic carbocycles. The number of benzene rings is 1. The van der Waals surface area contributed by atoms with Crippen LogP contribution in [0.3, 0.4) is 0 Å². The summed E-state index contributed by atoms with van der Waals surface area (Å²) in [6.45, 7) is 11.9. The van der Waals surface area contributed by atoms with Gasteiger partial charge in [-0.1, -0.05) is 12.1 Å². The topological polar surface area (TPSA) is 88.6 Å². The minimum Gasteiger partial charge on any atom is -0.382 e. The molecule has 3 heterocycles. The number of carbonyl (C=O) groups is 1. The highest BCUT2D eigenvalue weighted by Gasteiger charge is 2.33. The highest BCUT2D eigenvalue weighted by Crippen LogP contribution is 2.31. The van der Waals surface area contributed by atoms with Gasteiger partial charge in [0.1, 0.15) is 6.33 Å². The largest absolute Gasteiger partial charge is 0.382 e. The molecule has 2 fully saturated rings. The normalized spacial score (nSPS) is 19.6. The van der Waals surface area contributed by atoms with E-state index in [0.717, 1.165) is 55.0 Å². The minimum absolute atomic E-state index is 0.0863. The van der Waals surface area contributed by atoms with Crippen molar-refractivity contribution >= 4 is 11.6 Å². The molecule has 34 heavy (non-hydrogen) atoms. The van der Waals surface area contributed by atoms with Crippen LogP contribution in [0.25, 0.3) is 0 Å². The van der Waals surface area contributed by atoms with Crippen LogP contribution < -0.4 is 10.6 Å². The Hall–Kier alpha value is -2.55. The molecule has 1 atom stereocenters. The van der Waals surface area contributed by atoms with E-state index in [-0.39, 0.29) is 5.91 Å². The van der Waals surface area contributed by atoms with Crippen LogP contribution in [-0.4, -0.2) is 65.7 Å². The van der Waals surface area contributed by atoms with Gasteiger partial charge in [0, 0.05) is 43.0 Å². The summed E-state index contributed by atoms with van der Waals surface area (Å²) >= 11 is 0. The van der Waals surface area contributed by atoms with Gasteiger partial charge in [0.2, 0.25) is 0 Å². The number of carbonyl (C=O) groups excluding carboxylic acids is 1.